The molecule has 0 bridgehead atoms. The van der Waals surface area contributed by atoms with Crippen molar-refractivity contribution in [3.8, 4) is 5.75 Å². The number of hydrogen-bond donors (Lipinski definition) is 2. The third kappa shape index (κ3) is 6.67. The van der Waals surface area contributed by atoms with Crippen LogP contribution in [0.15, 0.2) is 72.8 Å². The lowest BCUT2D eigenvalue weighted by atomic mass is 10.1. The standard InChI is InChI=1S/C25H25FN2O3/c1-2-3-4-16-31-23-14-8-18(9-15-23)24(29)28-22-7-5-6-19(17-22)25(30)27-21-12-10-20(26)11-13-21/h5-15,17H,2-4,16H2,1H3,(H,27,30)(H,28,29). The van der Waals surface area contributed by atoms with Crippen LogP contribution in [0, 0.1) is 5.82 Å². The first-order chi connectivity index (χ1) is 15.0. The van der Waals surface area contributed by atoms with Crippen molar-refractivity contribution in [2.24, 2.45) is 0 Å². The molecule has 3 rings (SSSR count). The molecule has 0 radical (unpaired) electrons. The number of unbranched alkanes of at least 4 members (excludes halogenated alkanes) is 2. The fraction of sp³-hybridized carbons (Fsp3) is 0.200. The monoisotopic (exact) mass is 420 g/mol. The number of carbonyl (C=O) groups excluding carboxylic acids is 2. The quantitative estimate of drug-likeness (QED) is 0.424. The molecule has 0 unspecified atom stereocenters. The summed E-state index contributed by atoms with van der Waals surface area (Å²) in [6.45, 7) is 2.80. The zero-order chi connectivity index (χ0) is 22.1. The SMILES string of the molecule is CCCCCOc1ccc(C(=O)Nc2cccc(C(=O)Nc3ccc(F)cc3)c2)cc1. The van der Waals surface area contributed by atoms with Crippen molar-refractivity contribution in [2.45, 2.75) is 26.2 Å². The molecule has 2 N–H and O–H groups in total. The molecule has 5 nitrogen and oxygen atoms in total. The molecule has 0 aliphatic carbocycles. The summed E-state index contributed by atoms with van der Waals surface area (Å²) >= 11 is 0. The largest absolute Gasteiger partial charge is 0.494 e. The molecule has 0 heterocycles. The molecule has 0 saturated carbocycles. The zero-order valence-electron chi connectivity index (χ0n) is 17.4. The minimum atomic E-state index is -0.376. The first-order valence-electron chi connectivity index (χ1n) is 10.3. The molecule has 0 spiro atoms. The van der Waals surface area contributed by atoms with E-state index in [2.05, 4.69) is 17.6 Å². The van der Waals surface area contributed by atoms with Crippen LogP contribution < -0.4 is 15.4 Å². The highest BCUT2D eigenvalue weighted by molar-refractivity contribution is 6.07. The number of amides is 2. The molecule has 6 heteroatoms. The molecule has 3 aromatic carbocycles. The van der Waals surface area contributed by atoms with Gasteiger partial charge in [0.25, 0.3) is 11.8 Å². The van der Waals surface area contributed by atoms with E-state index < -0.39 is 0 Å². The van der Waals surface area contributed by atoms with Crippen LogP contribution in [0.1, 0.15) is 46.9 Å². The van der Waals surface area contributed by atoms with Crippen LogP contribution in [0.25, 0.3) is 0 Å². The van der Waals surface area contributed by atoms with Gasteiger partial charge in [-0.05, 0) is 73.2 Å². The maximum absolute atomic E-state index is 13.0. The van der Waals surface area contributed by atoms with Crippen molar-refractivity contribution in [2.75, 3.05) is 17.2 Å². The summed E-state index contributed by atoms with van der Waals surface area (Å²) in [5.41, 5.74) is 1.84. The van der Waals surface area contributed by atoms with Crippen molar-refractivity contribution < 1.29 is 18.7 Å². The normalized spacial score (nSPS) is 10.4. The first kappa shape index (κ1) is 22.0. The number of benzene rings is 3. The Hall–Kier alpha value is -3.67. The molecule has 31 heavy (non-hydrogen) atoms. The molecule has 0 aromatic heterocycles. The maximum atomic E-state index is 13.0. The predicted octanol–water partition coefficient (Wildman–Crippen LogP) is 5.90. The summed E-state index contributed by atoms with van der Waals surface area (Å²) in [5, 5.41) is 5.49. The van der Waals surface area contributed by atoms with E-state index in [1.54, 1.807) is 48.5 Å². The molecule has 160 valence electrons. The van der Waals surface area contributed by atoms with Crippen molar-refractivity contribution in [1.82, 2.24) is 0 Å². The lowest BCUT2D eigenvalue weighted by Crippen LogP contribution is -2.14. The molecule has 0 saturated heterocycles. The summed E-state index contributed by atoms with van der Waals surface area (Å²) < 4.78 is 18.7. The van der Waals surface area contributed by atoms with Crippen molar-refractivity contribution in [1.29, 1.82) is 0 Å². The Morgan fingerprint density at radius 1 is 0.806 bits per heavy atom. The third-order valence-corrected chi connectivity index (χ3v) is 4.62. The van der Waals surface area contributed by atoms with Crippen LogP contribution in [0.4, 0.5) is 15.8 Å². The Labute approximate surface area is 181 Å². The van der Waals surface area contributed by atoms with Crippen LogP contribution in [-0.2, 0) is 0 Å². The Balaban J connectivity index is 1.59. The van der Waals surface area contributed by atoms with Crippen LogP contribution in [-0.4, -0.2) is 18.4 Å². The van der Waals surface area contributed by atoms with Gasteiger partial charge in [0, 0.05) is 22.5 Å². The predicted molar refractivity (Wildman–Crippen MR) is 120 cm³/mol. The highest BCUT2D eigenvalue weighted by Gasteiger charge is 2.10. The number of carbonyl (C=O) groups is 2. The summed E-state index contributed by atoms with van der Waals surface area (Å²) in [4.78, 5) is 25.0. The Morgan fingerprint density at radius 3 is 2.19 bits per heavy atom. The Bertz CT molecular complexity index is 1020. The molecule has 2 amide bonds. The van der Waals surface area contributed by atoms with Gasteiger partial charge in [-0.3, -0.25) is 9.59 Å². The second kappa shape index (κ2) is 10.9. The summed E-state index contributed by atoms with van der Waals surface area (Å²) in [6, 6.07) is 19.1. The fourth-order valence-electron chi connectivity index (χ4n) is 2.92. The van der Waals surface area contributed by atoms with Gasteiger partial charge in [-0.2, -0.15) is 0 Å². The van der Waals surface area contributed by atoms with Crippen LogP contribution >= 0.6 is 0 Å². The number of ether oxygens (including phenoxy) is 1. The minimum absolute atomic E-state index is 0.284. The van der Waals surface area contributed by atoms with Crippen LogP contribution in [0.5, 0.6) is 5.75 Å². The third-order valence-electron chi connectivity index (χ3n) is 4.62. The van der Waals surface area contributed by atoms with Crippen molar-refractivity contribution >= 4 is 23.2 Å². The summed E-state index contributed by atoms with van der Waals surface area (Å²) in [7, 11) is 0. The molecule has 0 aliphatic heterocycles. The Morgan fingerprint density at radius 2 is 1.48 bits per heavy atom. The maximum Gasteiger partial charge on any atom is 0.255 e. The lowest BCUT2D eigenvalue weighted by molar-refractivity contribution is 0.101. The highest BCUT2D eigenvalue weighted by atomic mass is 19.1. The average molecular weight is 420 g/mol. The molecule has 0 aliphatic rings. The van der Waals surface area contributed by atoms with Gasteiger partial charge < -0.3 is 15.4 Å². The van der Waals surface area contributed by atoms with E-state index in [1.807, 2.05) is 0 Å². The minimum Gasteiger partial charge on any atom is -0.494 e. The second-order valence-electron chi connectivity index (χ2n) is 7.08. The molecular weight excluding hydrogens is 395 g/mol. The molecule has 0 atom stereocenters. The van der Waals surface area contributed by atoms with Gasteiger partial charge in [-0.15, -0.1) is 0 Å². The van der Waals surface area contributed by atoms with E-state index >= 15 is 0 Å². The van der Waals surface area contributed by atoms with E-state index in [1.165, 1.54) is 24.3 Å². The van der Waals surface area contributed by atoms with Crippen LogP contribution in [0.2, 0.25) is 0 Å². The van der Waals surface area contributed by atoms with E-state index in [0.717, 1.165) is 25.0 Å². The summed E-state index contributed by atoms with van der Waals surface area (Å²) in [6.07, 6.45) is 3.27. The Kier molecular flexibility index (Phi) is 7.76. The van der Waals surface area contributed by atoms with Crippen LogP contribution in [0.3, 0.4) is 0 Å². The van der Waals surface area contributed by atoms with Gasteiger partial charge in [0.05, 0.1) is 6.61 Å². The highest BCUT2D eigenvalue weighted by Crippen LogP contribution is 2.17. The number of halogens is 1. The molecule has 3 aromatic rings. The summed E-state index contributed by atoms with van der Waals surface area (Å²) in [5.74, 6) is -0.285. The van der Waals surface area contributed by atoms with Gasteiger partial charge in [0.15, 0.2) is 0 Å². The van der Waals surface area contributed by atoms with Gasteiger partial charge in [-0.1, -0.05) is 25.8 Å². The first-order valence-corrected chi connectivity index (χ1v) is 10.3. The topological polar surface area (TPSA) is 67.4 Å². The van der Waals surface area contributed by atoms with E-state index in [4.69, 9.17) is 4.74 Å². The average Bonchev–Trinajstić information content (AvgIpc) is 2.79. The fourth-order valence-corrected chi connectivity index (χ4v) is 2.92. The van der Waals surface area contributed by atoms with E-state index in [9.17, 15) is 14.0 Å². The molecule has 0 fully saturated rings. The van der Waals surface area contributed by atoms with Crippen molar-refractivity contribution in [3.05, 3.63) is 89.7 Å². The number of hydrogen-bond acceptors (Lipinski definition) is 3. The number of nitrogens with one attached hydrogen (secondary N) is 2. The van der Waals surface area contributed by atoms with Gasteiger partial charge in [0.2, 0.25) is 0 Å². The second-order valence-corrected chi connectivity index (χ2v) is 7.08. The lowest BCUT2D eigenvalue weighted by Gasteiger charge is -2.09. The molecular formula is C25H25FN2O3. The van der Waals surface area contributed by atoms with E-state index in [0.29, 0.717) is 29.1 Å². The van der Waals surface area contributed by atoms with Gasteiger partial charge >= 0.3 is 0 Å². The number of anilines is 2. The van der Waals surface area contributed by atoms with E-state index in [-0.39, 0.29) is 17.6 Å². The zero-order valence-corrected chi connectivity index (χ0v) is 17.4. The smallest absolute Gasteiger partial charge is 0.255 e. The number of rotatable bonds is 9. The van der Waals surface area contributed by atoms with Gasteiger partial charge in [-0.25, -0.2) is 4.39 Å². The van der Waals surface area contributed by atoms with Crippen molar-refractivity contribution in [3.63, 3.8) is 0 Å². The van der Waals surface area contributed by atoms with Gasteiger partial charge in [0.1, 0.15) is 11.6 Å².